The first-order chi connectivity index (χ1) is 11.5. The lowest BCUT2D eigenvalue weighted by Crippen LogP contribution is -3.00. The average molecular weight is 363 g/mol. The van der Waals surface area contributed by atoms with Gasteiger partial charge in [-0.05, 0) is 42.6 Å². The van der Waals surface area contributed by atoms with Gasteiger partial charge in [0.1, 0.15) is 18.5 Å². The third-order valence-electron chi connectivity index (χ3n) is 4.04. The molecule has 0 aliphatic rings. The number of likely N-dealkylation sites (N-methyl/N-ethyl adjacent to an activating group) is 1. The summed E-state index contributed by atoms with van der Waals surface area (Å²) in [5.74, 6) is 1.29. The second-order valence-electron chi connectivity index (χ2n) is 6.84. The summed E-state index contributed by atoms with van der Waals surface area (Å²) in [5.41, 5.74) is 3.60. The second-order valence-corrected chi connectivity index (χ2v) is 6.84. The van der Waals surface area contributed by atoms with Crippen molar-refractivity contribution in [2.75, 3.05) is 20.2 Å². The van der Waals surface area contributed by atoms with E-state index in [1.807, 2.05) is 25.2 Å². The maximum absolute atomic E-state index is 10.3. The normalized spacial score (nSPS) is 12.1. The molecule has 2 aromatic rings. The molecule has 25 heavy (non-hydrogen) atoms. The van der Waals surface area contributed by atoms with Gasteiger partial charge in [-0.2, -0.15) is 0 Å². The van der Waals surface area contributed by atoms with Crippen LogP contribution in [0.25, 0.3) is 0 Å². The molecule has 0 amide bonds. The molecule has 2 rings (SSSR count). The zero-order valence-electron chi connectivity index (χ0n) is 15.6. The van der Waals surface area contributed by atoms with Crippen LogP contribution in [0.3, 0.4) is 0 Å². The smallest absolute Gasteiger partial charge is 0.123 e. The fourth-order valence-corrected chi connectivity index (χ4v) is 2.80. The molecule has 0 fully saturated rings. The Kier molecular flexibility index (Phi) is 8.98. The summed E-state index contributed by atoms with van der Waals surface area (Å²) in [6.45, 7) is 8.07. The molecule has 0 aliphatic carbocycles. The van der Waals surface area contributed by atoms with Crippen LogP contribution < -0.4 is 17.1 Å². The Hall–Kier alpha value is -1.55. The molecule has 0 radical (unpaired) electrons. The predicted molar refractivity (Wildman–Crippen MR) is 99.5 cm³/mol. The molecule has 0 saturated carbocycles. The molecule has 0 bridgehead atoms. The van der Waals surface area contributed by atoms with Gasteiger partial charge in [0.25, 0.3) is 0 Å². The van der Waals surface area contributed by atoms with Gasteiger partial charge < -0.3 is 22.3 Å². The van der Waals surface area contributed by atoms with Crippen molar-refractivity contribution in [2.45, 2.75) is 39.3 Å². The number of halogens is 1. The summed E-state index contributed by atoms with van der Waals surface area (Å²) in [6.07, 6.45) is -0.515. The van der Waals surface area contributed by atoms with E-state index >= 15 is 0 Å². The highest BCUT2D eigenvalue weighted by Gasteiger charge is 2.13. The van der Waals surface area contributed by atoms with Gasteiger partial charge in [-0.1, -0.05) is 56.3 Å². The van der Waals surface area contributed by atoms with Gasteiger partial charge in [0, 0.05) is 13.1 Å². The van der Waals surface area contributed by atoms with E-state index in [2.05, 4.69) is 56.0 Å². The summed E-state index contributed by atoms with van der Waals surface area (Å²) >= 11 is 0. The number of aliphatic hydroxyl groups is 1. The van der Waals surface area contributed by atoms with Crippen molar-refractivity contribution in [3.8, 4) is 5.75 Å². The molecule has 2 aromatic carbocycles. The Morgan fingerprint density at radius 1 is 1.08 bits per heavy atom. The van der Waals surface area contributed by atoms with Crippen molar-refractivity contribution in [2.24, 2.45) is 0 Å². The van der Waals surface area contributed by atoms with E-state index < -0.39 is 6.10 Å². The van der Waals surface area contributed by atoms with Crippen LogP contribution in [0.15, 0.2) is 48.5 Å². The van der Waals surface area contributed by atoms with Crippen LogP contribution >= 0.6 is 0 Å². The molecular weight excluding hydrogens is 334 g/mol. The average Bonchev–Trinajstić information content (AvgIpc) is 2.53. The maximum Gasteiger partial charge on any atom is 0.123 e. The highest BCUT2D eigenvalue weighted by atomic mass is 35.5. The van der Waals surface area contributed by atoms with Gasteiger partial charge in [0.15, 0.2) is 0 Å². The number of nitrogens with zero attached hydrogens (tertiary/aromatic N) is 1. The highest BCUT2D eigenvalue weighted by Crippen LogP contribution is 2.27. The first-order valence-corrected chi connectivity index (χ1v) is 8.59. The van der Waals surface area contributed by atoms with E-state index in [1.54, 1.807) is 0 Å². The Bertz CT molecular complexity index is 631. The van der Waals surface area contributed by atoms with E-state index in [9.17, 15) is 5.11 Å². The van der Waals surface area contributed by atoms with E-state index in [-0.39, 0.29) is 12.4 Å². The minimum atomic E-state index is -0.515. The molecule has 0 spiro atoms. The van der Waals surface area contributed by atoms with E-state index in [0.717, 1.165) is 12.3 Å². The van der Waals surface area contributed by atoms with Crippen molar-refractivity contribution in [3.63, 3.8) is 0 Å². The highest BCUT2D eigenvalue weighted by molar-refractivity contribution is 5.39. The van der Waals surface area contributed by atoms with Crippen LogP contribution in [0.1, 0.15) is 36.5 Å². The number of hydrogen-bond donors (Lipinski definition) is 1. The summed E-state index contributed by atoms with van der Waals surface area (Å²) in [6, 6.07) is 16.6. The third-order valence-corrected chi connectivity index (χ3v) is 4.04. The minimum Gasteiger partial charge on any atom is -1.00 e. The van der Waals surface area contributed by atoms with Crippen LogP contribution in [0.4, 0.5) is 0 Å². The largest absolute Gasteiger partial charge is 1.00 e. The number of ether oxygens (including phenoxy) is 1. The number of aryl methyl sites for hydroxylation is 1. The SMILES string of the molecule is Cc1ccc(C(C)C)c(OCC(O)CN(C)Cc2ccccc2)c1.[Cl-]. The van der Waals surface area contributed by atoms with Crippen molar-refractivity contribution in [3.05, 3.63) is 65.2 Å². The van der Waals surface area contributed by atoms with Gasteiger partial charge >= 0.3 is 0 Å². The Morgan fingerprint density at radius 2 is 1.76 bits per heavy atom. The topological polar surface area (TPSA) is 32.7 Å². The van der Waals surface area contributed by atoms with Gasteiger partial charge in [0.2, 0.25) is 0 Å². The first-order valence-electron chi connectivity index (χ1n) is 8.59. The number of rotatable bonds is 8. The molecule has 4 heteroatoms. The lowest BCUT2D eigenvalue weighted by molar-refractivity contribution is -0.00000779. The summed E-state index contributed by atoms with van der Waals surface area (Å²) in [7, 11) is 2.02. The predicted octanol–water partition coefficient (Wildman–Crippen LogP) is 0.994. The Balaban J connectivity index is 0.00000312. The van der Waals surface area contributed by atoms with Crippen molar-refractivity contribution >= 4 is 0 Å². The van der Waals surface area contributed by atoms with Gasteiger partial charge in [-0.25, -0.2) is 0 Å². The van der Waals surface area contributed by atoms with Crippen molar-refractivity contribution in [1.82, 2.24) is 4.90 Å². The number of hydrogen-bond acceptors (Lipinski definition) is 3. The van der Waals surface area contributed by atoms with Crippen LogP contribution in [0.2, 0.25) is 0 Å². The fraction of sp³-hybridized carbons (Fsp3) is 0.429. The van der Waals surface area contributed by atoms with Crippen LogP contribution in [-0.2, 0) is 6.54 Å². The quantitative estimate of drug-likeness (QED) is 0.760. The van der Waals surface area contributed by atoms with E-state index in [0.29, 0.717) is 19.1 Å². The fourth-order valence-electron chi connectivity index (χ4n) is 2.80. The monoisotopic (exact) mass is 362 g/mol. The molecule has 0 aliphatic heterocycles. The molecular formula is C21H29ClNO2-. The molecule has 1 N–H and O–H groups in total. The molecule has 1 atom stereocenters. The van der Waals surface area contributed by atoms with Crippen molar-refractivity contribution in [1.29, 1.82) is 0 Å². The maximum atomic E-state index is 10.3. The first kappa shape index (κ1) is 21.5. The molecule has 0 aromatic heterocycles. The van der Waals surface area contributed by atoms with Crippen LogP contribution in [-0.4, -0.2) is 36.3 Å². The molecule has 0 heterocycles. The van der Waals surface area contributed by atoms with Crippen LogP contribution in [0, 0.1) is 6.92 Å². The Morgan fingerprint density at radius 3 is 2.40 bits per heavy atom. The second kappa shape index (κ2) is 10.4. The van der Waals surface area contributed by atoms with Crippen LogP contribution in [0.5, 0.6) is 5.75 Å². The lowest BCUT2D eigenvalue weighted by Gasteiger charge is -2.22. The molecule has 1 unspecified atom stereocenters. The van der Waals surface area contributed by atoms with E-state index in [4.69, 9.17) is 4.74 Å². The standard InChI is InChI=1S/C21H29NO2.ClH/c1-16(2)20-11-10-17(3)12-21(20)24-15-19(23)14-22(4)13-18-8-6-5-7-9-18;/h5-12,16,19,23H,13-15H2,1-4H3;1H/p-1. The Labute approximate surface area is 158 Å². The number of aliphatic hydroxyl groups excluding tert-OH is 1. The summed E-state index contributed by atoms with van der Waals surface area (Å²) < 4.78 is 5.92. The van der Waals surface area contributed by atoms with Gasteiger partial charge in [-0.3, -0.25) is 4.90 Å². The van der Waals surface area contributed by atoms with Gasteiger partial charge in [-0.15, -0.1) is 0 Å². The summed E-state index contributed by atoms with van der Waals surface area (Å²) in [5, 5.41) is 10.3. The molecule has 138 valence electrons. The lowest BCUT2D eigenvalue weighted by atomic mass is 10.0. The van der Waals surface area contributed by atoms with E-state index in [1.165, 1.54) is 16.7 Å². The zero-order valence-corrected chi connectivity index (χ0v) is 16.3. The summed E-state index contributed by atoms with van der Waals surface area (Å²) in [4.78, 5) is 2.11. The zero-order chi connectivity index (χ0) is 17.5. The third kappa shape index (κ3) is 7.07. The number of benzene rings is 2. The minimum absolute atomic E-state index is 0. The van der Waals surface area contributed by atoms with Gasteiger partial charge in [0.05, 0.1) is 0 Å². The molecule has 0 saturated heterocycles. The van der Waals surface area contributed by atoms with Crippen molar-refractivity contribution < 1.29 is 22.3 Å². The molecule has 3 nitrogen and oxygen atoms in total.